The van der Waals surface area contributed by atoms with Crippen LogP contribution in [0.1, 0.15) is 12.5 Å². The van der Waals surface area contributed by atoms with Gasteiger partial charge in [-0.3, -0.25) is 0 Å². The Hall–Kier alpha value is -3.15. The van der Waals surface area contributed by atoms with Gasteiger partial charge in [0, 0.05) is 0 Å². The number of para-hydroxylation sites is 2. The van der Waals surface area contributed by atoms with E-state index >= 15 is 0 Å². The van der Waals surface area contributed by atoms with Crippen molar-refractivity contribution in [1.29, 1.82) is 0 Å². The SMILES string of the molecule is CCc1ccc(Oc2nc3ccccc3n3c(=O)[nH]nc23)cc1. The van der Waals surface area contributed by atoms with Gasteiger partial charge in [0.05, 0.1) is 11.0 Å². The van der Waals surface area contributed by atoms with Crippen LogP contribution in [0.25, 0.3) is 16.7 Å². The molecular weight excluding hydrogens is 292 g/mol. The van der Waals surface area contributed by atoms with Gasteiger partial charge in [-0.15, -0.1) is 5.10 Å². The normalized spacial score (nSPS) is 11.2. The van der Waals surface area contributed by atoms with Crippen molar-refractivity contribution in [1.82, 2.24) is 19.6 Å². The highest BCUT2D eigenvalue weighted by atomic mass is 16.5. The first-order valence-corrected chi connectivity index (χ1v) is 7.39. The lowest BCUT2D eigenvalue weighted by Crippen LogP contribution is -2.11. The van der Waals surface area contributed by atoms with Gasteiger partial charge in [-0.25, -0.2) is 19.3 Å². The Labute approximate surface area is 131 Å². The fraction of sp³-hybridized carbons (Fsp3) is 0.118. The van der Waals surface area contributed by atoms with E-state index in [9.17, 15) is 4.79 Å². The van der Waals surface area contributed by atoms with Gasteiger partial charge >= 0.3 is 5.69 Å². The van der Waals surface area contributed by atoms with Crippen LogP contribution in [-0.2, 0) is 6.42 Å². The predicted molar refractivity (Wildman–Crippen MR) is 87.0 cm³/mol. The number of ether oxygens (including phenoxy) is 1. The molecule has 0 bridgehead atoms. The summed E-state index contributed by atoms with van der Waals surface area (Å²) >= 11 is 0. The average molecular weight is 306 g/mol. The topological polar surface area (TPSA) is 72.3 Å². The molecule has 23 heavy (non-hydrogen) atoms. The fourth-order valence-electron chi connectivity index (χ4n) is 2.54. The molecule has 2 aromatic carbocycles. The summed E-state index contributed by atoms with van der Waals surface area (Å²) in [5, 5.41) is 6.49. The molecule has 0 amide bonds. The van der Waals surface area contributed by atoms with Gasteiger partial charge in [-0.2, -0.15) is 0 Å². The molecule has 1 N–H and O–H groups in total. The van der Waals surface area contributed by atoms with Gasteiger partial charge < -0.3 is 4.74 Å². The fourth-order valence-corrected chi connectivity index (χ4v) is 2.54. The monoisotopic (exact) mass is 306 g/mol. The van der Waals surface area contributed by atoms with Crippen LogP contribution < -0.4 is 10.4 Å². The van der Waals surface area contributed by atoms with E-state index in [2.05, 4.69) is 22.1 Å². The molecule has 6 heteroatoms. The molecule has 2 heterocycles. The van der Waals surface area contributed by atoms with Crippen LogP contribution in [0.5, 0.6) is 11.6 Å². The third kappa shape index (κ3) is 2.24. The second-order valence-corrected chi connectivity index (χ2v) is 5.19. The highest BCUT2D eigenvalue weighted by Crippen LogP contribution is 2.25. The number of nitrogens with one attached hydrogen (secondary N) is 1. The molecule has 0 spiro atoms. The van der Waals surface area contributed by atoms with Crippen LogP contribution in [0, 0.1) is 0 Å². The van der Waals surface area contributed by atoms with E-state index in [0.717, 1.165) is 6.42 Å². The lowest BCUT2D eigenvalue weighted by atomic mass is 10.2. The number of rotatable bonds is 3. The third-order valence-electron chi connectivity index (χ3n) is 3.75. The van der Waals surface area contributed by atoms with Crippen LogP contribution in [0.15, 0.2) is 53.3 Å². The zero-order chi connectivity index (χ0) is 15.8. The van der Waals surface area contributed by atoms with Crippen molar-refractivity contribution in [3.8, 4) is 11.6 Å². The summed E-state index contributed by atoms with van der Waals surface area (Å²) in [4.78, 5) is 16.5. The summed E-state index contributed by atoms with van der Waals surface area (Å²) in [6, 6.07) is 15.2. The summed E-state index contributed by atoms with van der Waals surface area (Å²) in [5.41, 5.74) is 2.64. The molecule has 0 radical (unpaired) electrons. The second kappa shape index (κ2) is 5.24. The minimum atomic E-state index is -0.315. The number of aryl methyl sites for hydroxylation is 1. The lowest BCUT2D eigenvalue weighted by molar-refractivity contribution is 0.467. The minimum absolute atomic E-state index is 0.297. The maximum Gasteiger partial charge on any atom is 0.348 e. The standard InChI is InChI=1S/C17H14N4O2/c1-2-11-7-9-12(10-8-11)23-16-15-19-20-17(22)21(15)14-6-4-3-5-13(14)18-16/h3-10H,2H2,1H3,(H,20,22). The summed E-state index contributed by atoms with van der Waals surface area (Å²) in [6.07, 6.45) is 0.966. The summed E-state index contributed by atoms with van der Waals surface area (Å²) < 4.78 is 7.33. The number of benzene rings is 2. The summed E-state index contributed by atoms with van der Waals surface area (Å²) in [6.45, 7) is 2.10. The highest BCUT2D eigenvalue weighted by molar-refractivity contribution is 5.79. The van der Waals surface area contributed by atoms with Crippen molar-refractivity contribution in [2.75, 3.05) is 0 Å². The maximum atomic E-state index is 12.0. The number of fused-ring (bicyclic) bond motifs is 3. The summed E-state index contributed by atoms with van der Waals surface area (Å²) in [5.74, 6) is 0.952. The first-order valence-electron chi connectivity index (χ1n) is 7.39. The number of H-pyrrole nitrogens is 1. The van der Waals surface area contributed by atoms with E-state index in [4.69, 9.17) is 4.74 Å². The molecule has 0 saturated carbocycles. The van der Waals surface area contributed by atoms with Gasteiger partial charge in [-0.1, -0.05) is 31.2 Å². The lowest BCUT2D eigenvalue weighted by Gasteiger charge is -2.08. The quantitative estimate of drug-likeness (QED) is 0.631. The van der Waals surface area contributed by atoms with Crippen LogP contribution in [0.4, 0.5) is 0 Å². The zero-order valence-electron chi connectivity index (χ0n) is 12.5. The van der Waals surface area contributed by atoms with Gasteiger partial charge in [0.1, 0.15) is 5.75 Å². The molecule has 0 fully saturated rings. The summed E-state index contributed by atoms with van der Waals surface area (Å²) in [7, 11) is 0. The van der Waals surface area contributed by atoms with Crippen molar-refractivity contribution >= 4 is 16.7 Å². The number of nitrogens with zero attached hydrogens (tertiary/aromatic N) is 3. The van der Waals surface area contributed by atoms with E-state index in [-0.39, 0.29) is 5.69 Å². The Bertz CT molecular complexity index is 1050. The molecule has 0 atom stereocenters. The van der Waals surface area contributed by atoms with E-state index < -0.39 is 0 Å². The Balaban J connectivity index is 1.89. The highest BCUT2D eigenvalue weighted by Gasteiger charge is 2.14. The first-order chi connectivity index (χ1) is 11.3. The molecule has 114 valence electrons. The molecule has 4 rings (SSSR count). The average Bonchev–Trinajstić information content (AvgIpc) is 2.98. The zero-order valence-corrected chi connectivity index (χ0v) is 12.5. The molecule has 2 aromatic heterocycles. The van der Waals surface area contributed by atoms with Crippen LogP contribution in [0.3, 0.4) is 0 Å². The smallest absolute Gasteiger partial charge is 0.348 e. The predicted octanol–water partition coefficient (Wildman–Crippen LogP) is 2.93. The Morgan fingerprint density at radius 2 is 1.91 bits per heavy atom. The van der Waals surface area contributed by atoms with Crippen LogP contribution in [-0.4, -0.2) is 19.6 Å². The molecule has 0 unspecified atom stereocenters. The Morgan fingerprint density at radius 1 is 1.13 bits per heavy atom. The molecule has 0 saturated heterocycles. The van der Waals surface area contributed by atoms with Crippen molar-refractivity contribution in [3.05, 3.63) is 64.6 Å². The molecule has 4 aromatic rings. The van der Waals surface area contributed by atoms with E-state index in [1.165, 1.54) is 9.96 Å². The van der Waals surface area contributed by atoms with Crippen molar-refractivity contribution in [3.63, 3.8) is 0 Å². The number of hydrogen-bond donors (Lipinski definition) is 1. The largest absolute Gasteiger partial charge is 0.436 e. The van der Waals surface area contributed by atoms with E-state index in [1.54, 1.807) is 0 Å². The maximum absolute atomic E-state index is 12.0. The van der Waals surface area contributed by atoms with Gasteiger partial charge in [0.2, 0.25) is 5.65 Å². The van der Waals surface area contributed by atoms with E-state index in [1.807, 2.05) is 48.5 Å². The van der Waals surface area contributed by atoms with Gasteiger partial charge in [0.25, 0.3) is 5.88 Å². The Morgan fingerprint density at radius 3 is 2.70 bits per heavy atom. The van der Waals surface area contributed by atoms with Crippen LogP contribution in [0.2, 0.25) is 0 Å². The molecule has 6 nitrogen and oxygen atoms in total. The van der Waals surface area contributed by atoms with Crippen molar-refractivity contribution in [2.24, 2.45) is 0 Å². The number of aromatic amines is 1. The molecule has 0 aliphatic rings. The van der Waals surface area contributed by atoms with Crippen molar-refractivity contribution < 1.29 is 4.74 Å². The van der Waals surface area contributed by atoms with Crippen LogP contribution >= 0.6 is 0 Å². The molecule has 0 aliphatic carbocycles. The molecular formula is C17H14N4O2. The molecule has 0 aliphatic heterocycles. The first kappa shape index (κ1) is 13.5. The Kier molecular flexibility index (Phi) is 3.08. The minimum Gasteiger partial charge on any atom is -0.436 e. The van der Waals surface area contributed by atoms with Crippen molar-refractivity contribution in [2.45, 2.75) is 13.3 Å². The second-order valence-electron chi connectivity index (χ2n) is 5.19. The number of aromatic nitrogens is 4. The van der Waals surface area contributed by atoms with Gasteiger partial charge in [0.15, 0.2) is 0 Å². The van der Waals surface area contributed by atoms with Gasteiger partial charge in [-0.05, 0) is 36.2 Å². The number of hydrogen-bond acceptors (Lipinski definition) is 4. The van der Waals surface area contributed by atoms with E-state index in [0.29, 0.717) is 28.3 Å². The third-order valence-corrected chi connectivity index (χ3v) is 3.75.